The van der Waals surface area contributed by atoms with Crippen LogP contribution in [0.5, 0.6) is 23.0 Å². The molecule has 0 fully saturated rings. The highest BCUT2D eigenvalue weighted by Gasteiger charge is 2.10. The molecule has 0 atom stereocenters. The van der Waals surface area contributed by atoms with Crippen molar-refractivity contribution in [2.24, 2.45) is 0 Å². The van der Waals surface area contributed by atoms with Gasteiger partial charge in [0.2, 0.25) is 0 Å². The van der Waals surface area contributed by atoms with Crippen LogP contribution in [0.2, 0.25) is 0 Å². The number of aliphatic hydroxyl groups excluding tert-OH is 2. The summed E-state index contributed by atoms with van der Waals surface area (Å²) in [7, 11) is 0. The van der Waals surface area contributed by atoms with Crippen molar-refractivity contribution in [3.05, 3.63) is 46.0 Å². The standard InChI is InChI=1S/C9H12O3.C8H10O3/c1-5-3-8(11)6(2)7(4-10)9(5)12;1-5-2-7(10)3-6(4-9)8(5)11/h3,10-12H,4H2,1-2H3;2-3,9-11H,4H2,1H3. The monoisotopic (exact) mass is 322 g/mol. The summed E-state index contributed by atoms with van der Waals surface area (Å²) < 4.78 is 0. The minimum absolute atomic E-state index is 0.0466. The number of aliphatic hydroxyl groups is 2. The van der Waals surface area contributed by atoms with Gasteiger partial charge < -0.3 is 30.6 Å². The number of benzene rings is 2. The van der Waals surface area contributed by atoms with Crippen LogP contribution in [0.25, 0.3) is 0 Å². The predicted molar refractivity (Wildman–Crippen MR) is 85.6 cm³/mol. The Balaban J connectivity index is 0.000000231. The van der Waals surface area contributed by atoms with Gasteiger partial charge in [-0.15, -0.1) is 0 Å². The minimum atomic E-state index is -0.263. The summed E-state index contributed by atoms with van der Waals surface area (Å²) in [6.07, 6.45) is 0. The summed E-state index contributed by atoms with van der Waals surface area (Å²) in [5.74, 6) is 0.275. The fraction of sp³-hybridized carbons (Fsp3) is 0.294. The van der Waals surface area contributed by atoms with E-state index in [1.54, 1.807) is 20.8 Å². The van der Waals surface area contributed by atoms with Crippen molar-refractivity contribution >= 4 is 0 Å². The zero-order valence-electron chi connectivity index (χ0n) is 13.3. The number of aromatic hydroxyl groups is 4. The average molecular weight is 322 g/mol. The maximum atomic E-state index is 9.43. The quantitative estimate of drug-likeness (QED) is 0.471. The first-order chi connectivity index (χ1) is 10.7. The third-order valence-electron chi connectivity index (χ3n) is 3.54. The first-order valence-electron chi connectivity index (χ1n) is 6.97. The first kappa shape index (κ1) is 18.6. The molecule has 6 N–H and O–H groups in total. The van der Waals surface area contributed by atoms with Gasteiger partial charge in [-0.2, -0.15) is 0 Å². The third-order valence-corrected chi connectivity index (χ3v) is 3.54. The van der Waals surface area contributed by atoms with E-state index < -0.39 is 0 Å². The number of phenolic OH excluding ortho intramolecular Hbond substituents is 2. The van der Waals surface area contributed by atoms with Crippen molar-refractivity contribution in [3.8, 4) is 23.0 Å². The second-order valence-corrected chi connectivity index (χ2v) is 5.25. The molecule has 2 rings (SSSR count). The molecule has 0 bridgehead atoms. The smallest absolute Gasteiger partial charge is 0.124 e. The van der Waals surface area contributed by atoms with E-state index in [-0.39, 0.29) is 36.2 Å². The van der Waals surface area contributed by atoms with E-state index in [0.29, 0.717) is 27.8 Å². The maximum Gasteiger partial charge on any atom is 0.124 e. The van der Waals surface area contributed by atoms with E-state index in [1.807, 2.05) is 0 Å². The lowest BCUT2D eigenvalue weighted by Gasteiger charge is -2.09. The molecule has 0 aliphatic carbocycles. The zero-order valence-corrected chi connectivity index (χ0v) is 13.3. The maximum absolute atomic E-state index is 9.43. The van der Waals surface area contributed by atoms with Gasteiger partial charge in [-0.1, -0.05) is 0 Å². The van der Waals surface area contributed by atoms with E-state index in [1.165, 1.54) is 18.2 Å². The zero-order chi connectivity index (χ0) is 17.7. The highest BCUT2D eigenvalue weighted by molar-refractivity contribution is 5.51. The molecular weight excluding hydrogens is 300 g/mol. The highest BCUT2D eigenvalue weighted by Crippen LogP contribution is 2.31. The summed E-state index contributed by atoms with van der Waals surface area (Å²) in [6, 6.07) is 4.25. The van der Waals surface area contributed by atoms with E-state index >= 15 is 0 Å². The molecular formula is C17H22O6. The second kappa shape index (κ2) is 7.71. The Morgan fingerprint density at radius 3 is 1.83 bits per heavy atom. The van der Waals surface area contributed by atoms with Crippen molar-refractivity contribution in [1.29, 1.82) is 0 Å². The second-order valence-electron chi connectivity index (χ2n) is 5.25. The van der Waals surface area contributed by atoms with Gasteiger partial charge in [0.25, 0.3) is 0 Å². The summed E-state index contributed by atoms with van der Waals surface area (Å²) in [4.78, 5) is 0. The lowest BCUT2D eigenvalue weighted by atomic mass is 10.0. The van der Waals surface area contributed by atoms with Gasteiger partial charge in [-0.05, 0) is 55.7 Å². The van der Waals surface area contributed by atoms with Crippen LogP contribution in [0.1, 0.15) is 27.8 Å². The Hall–Kier alpha value is -2.44. The molecule has 0 spiro atoms. The molecule has 2 aromatic rings. The Morgan fingerprint density at radius 2 is 1.30 bits per heavy atom. The average Bonchev–Trinajstić information content (AvgIpc) is 2.50. The molecule has 0 aromatic heterocycles. The van der Waals surface area contributed by atoms with Crippen molar-refractivity contribution in [2.75, 3.05) is 0 Å². The summed E-state index contributed by atoms with van der Waals surface area (Å²) in [5.41, 5.74) is 2.41. The number of aryl methyl sites for hydroxylation is 2. The van der Waals surface area contributed by atoms with Gasteiger partial charge in [0, 0.05) is 11.1 Å². The Kier molecular flexibility index (Phi) is 6.24. The molecule has 0 aliphatic heterocycles. The van der Waals surface area contributed by atoms with Crippen molar-refractivity contribution in [2.45, 2.75) is 34.0 Å². The van der Waals surface area contributed by atoms with Gasteiger partial charge in [-0.3, -0.25) is 0 Å². The molecule has 0 radical (unpaired) electrons. The lowest BCUT2D eigenvalue weighted by Crippen LogP contribution is -1.92. The summed E-state index contributed by atoms with van der Waals surface area (Å²) in [5, 5.41) is 54.6. The van der Waals surface area contributed by atoms with Crippen molar-refractivity contribution in [3.63, 3.8) is 0 Å². The molecule has 23 heavy (non-hydrogen) atoms. The molecule has 6 heteroatoms. The van der Waals surface area contributed by atoms with E-state index in [9.17, 15) is 15.3 Å². The number of phenols is 4. The van der Waals surface area contributed by atoms with Gasteiger partial charge in [0.05, 0.1) is 13.2 Å². The topological polar surface area (TPSA) is 121 Å². The van der Waals surface area contributed by atoms with Crippen molar-refractivity contribution in [1.82, 2.24) is 0 Å². The van der Waals surface area contributed by atoms with Gasteiger partial charge in [0.15, 0.2) is 0 Å². The van der Waals surface area contributed by atoms with Crippen LogP contribution in [-0.2, 0) is 13.2 Å². The van der Waals surface area contributed by atoms with Crippen LogP contribution in [0.4, 0.5) is 0 Å². The van der Waals surface area contributed by atoms with Crippen LogP contribution in [0.3, 0.4) is 0 Å². The Morgan fingerprint density at radius 1 is 0.739 bits per heavy atom. The Bertz CT molecular complexity index is 668. The van der Waals surface area contributed by atoms with Crippen LogP contribution >= 0.6 is 0 Å². The fourth-order valence-corrected chi connectivity index (χ4v) is 2.10. The number of hydrogen-bond donors (Lipinski definition) is 6. The molecule has 0 heterocycles. The molecule has 126 valence electrons. The van der Waals surface area contributed by atoms with Gasteiger partial charge in [-0.25, -0.2) is 0 Å². The van der Waals surface area contributed by atoms with E-state index in [2.05, 4.69) is 0 Å². The van der Waals surface area contributed by atoms with Crippen molar-refractivity contribution < 1.29 is 30.6 Å². The van der Waals surface area contributed by atoms with Gasteiger partial charge in [0.1, 0.15) is 23.0 Å². The first-order valence-corrected chi connectivity index (χ1v) is 6.97. The molecule has 0 saturated heterocycles. The molecule has 6 nitrogen and oxygen atoms in total. The lowest BCUT2D eigenvalue weighted by molar-refractivity contribution is 0.273. The fourth-order valence-electron chi connectivity index (χ4n) is 2.10. The summed E-state index contributed by atoms with van der Waals surface area (Å²) >= 11 is 0. The van der Waals surface area contributed by atoms with E-state index in [4.69, 9.17) is 15.3 Å². The Labute approximate surface area is 134 Å². The molecule has 0 saturated carbocycles. The van der Waals surface area contributed by atoms with Crippen LogP contribution in [0, 0.1) is 20.8 Å². The minimum Gasteiger partial charge on any atom is -0.508 e. The molecule has 0 aliphatic rings. The normalized spacial score (nSPS) is 10.1. The third kappa shape index (κ3) is 4.28. The number of hydrogen-bond acceptors (Lipinski definition) is 6. The molecule has 2 aromatic carbocycles. The van der Waals surface area contributed by atoms with Crippen LogP contribution in [0.15, 0.2) is 18.2 Å². The largest absolute Gasteiger partial charge is 0.508 e. The summed E-state index contributed by atoms with van der Waals surface area (Å²) in [6.45, 7) is 4.47. The highest BCUT2D eigenvalue weighted by atomic mass is 16.3. The SMILES string of the molecule is Cc1cc(O)c(C)c(CO)c1O.Cc1cc(O)cc(CO)c1O. The predicted octanol–water partition coefficient (Wildman–Crippen LogP) is 2.11. The number of rotatable bonds is 2. The molecule has 0 amide bonds. The van der Waals surface area contributed by atoms with E-state index in [0.717, 1.165) is 0 Å². The van der Waals surface area contributed by atoms with Gasteiger partial charge >= 0.3 is 0 Å². The van der Waals surface area contributed by atoms with Crippen LogP contribution in [-0.4, -0.2) is 30.6 Å². The van der Waals surface area contributed by atoms with Crippen LogP contribution < -0.4 is 0 Å². The molecule has 0 unspecified atom stereocenters.